The standard InChI is InChI=1S/C12H12BrNO/c1-2-3-4-8-14-12(15)10-6-5-7-11(13)9-10/h5-7,9H,4,8H2,1H3,(H,14,15). The summed E-state index contributed by atoms with van der Waals surface area (Å²) < 4.78 is 0.906. The van der Waals surface area contributed by atoms with Crippen LogP contribution in [0.25, 0.3) is 0 Å². The predicted octanol–water partition coefficient (Wildman–Crippen LogP) is 2.59. The van der Waals surface area contributed by atoms with Crippen molar-refractivity contribution in [1.82, 2.24) is 5.32 Å². The van der Waals surface area contributed by atoms with Crippen molar-refractivity contribution in [2.45, 2.75) is 13.3 Å². The van der Waals surface area contributed by atoms with E-state index >= 15 is 0 Å². The maximum Gasteiger partial charge on any atom is 0.251 e. The smallest absolute Gasteiger partial charge is 0.251 e. The summed E-state index contributed by atoms with van der Waals surface area (Å²) in [6, 6.07) is 7.30. The molecule has 0 heterocycles. The largest absolute Gasteiger partial charge is 0.351 e. The van der Waals surface area contributed by atoms with Gasteiger partial charge in [-0.05, 0) is 25.1 Å². The van der Waals surface area contributed by atoms with Crippen molar-refractivity contribution in [2.24, 2.45) is 0 Å². The average molecular weight is 266 g/mol. The van der Waals surface area contributed by atoms with E-state index in [0.717, 1.165) is 4.47 Å². The van der Waals surface area contributed by atoms with Gasteiger partial charge in [0.05, 0.1) is 0 Å². The Morgan fingerprint density at radius 3 is 3.00 bits per heavy atom. The second-order valence-electron chi connectivity index (χ2n) is 2.94. The molecule has 1 aromatic carbocycles. The van der Waals surface area contributed by atoms with Crippen LogP contribution in [-0.4, -0.2) is 12.5 Å². The third kappa shape index (κ3) is 4.18. The Morgan fingerprint density at radius 2 is 2.33 bits per heavy atom. The molecule has 0 aliphatic carbocycles. The van der Waals surface area contributed by atoms with E-state index in [2.05, 4.69) is 33.1 Å². The highest BCUT2D eigenvalue weighted by Gasteiger charge is 2.03. The molecule has 0 saturated heterocycles. The Kier molecular flexibility index (Phi) is 4.92. The van der Waals surface area contributed by atoms with Gasteiger partial charge in [0.25, 0.3) is 5.91 Å². The number of amides is 1. The highest BCUT2D eigenvalue weighted by atomic mass is 79.9. The minimum absolute atomic E-state index is 0.0609. The quantitative estimate of drug-likeness (QED) is 0.661. The summed E-state index contributed by atoms with van der Waals surface area (Å²) in [7, 11) is 0. The molecule has 0 spiro atoms. The Hall–Kier alpha value is -1.27. The molecule has 0 saturated carbocycles. The van der Waals surface area contributed by atoms with Crippen molar-refractivity contribution < 1.29 is 4.79 Å². The number of benzene rings is 1. The van der Waals surface area contributed by atoms with Gasteiger partial charge >= 0.3 is 0 Å². The number of carbonyl (C=O) groups excluding carboxylic acids is 1. The molecule has 2 nitrogen and oxygen atoms in total. The molecule has 1 amide bonds. The zero-order valence-corrected chi connectivity index (χ0v) is 10.1. The number of hydrogen-bond donors (Lipinski definition) is 1. The number of rotatable bonds is 3. The normalized spacial score (nSPS) is 8.93. The molecule has 1 aromatic rings. The lowest BCUT2D eigenvalue weighted by Gasteiger charge is -2.02. The van der Waals surface area contributed by atoms with E-state index in [1.165, 1.54) is 0 Å². The monoisotopic (exact) mass is 265 g/mol. The van der Waals surface area contributed by atoms with E-state index in [9.17, 15) is 4.79 Å². The van der Waals surface area contributed by atoms with Crippen LogP contribution in [0.15, 0.2) is 28.7 Å². The van der Waals surface area contributed by atoms with Gasteiger partial charge in [0.15, 0.2) is 0 Å². The van der Waals surface area contributed by atoms with Crippen molar-refractivity contribution >= 4 is 21.8 Å². The van der Waals surface area contributed by atoms with Crippen LogP contribution in [0.5, 0.6) is 0 Å². The zero-order chi connectivity index (χ0) is 11.1. The van der Waals surface area contributed by atoms with Crippen molar-refractivity contribution in [3.63, 3.8) is 0 Å². The maximum absolute atomic E-state index is 11.6. The summed E-state index contributed by atoms with van der Waals surface area (Å²) in [4.78, 5) is 11.6. The lowest BCUT2D eigenvalue weighted by atomic mass is 10.2. The first-order valence-electron chi connectivity index (χ1n) is 4.67. The molecule has 15 heavy (non-hydrogen) atoms. The highest BCUT2D eigenvalue weighted by molar-refractivity contribution is 9.10. The van der Waals surface area contributed by atoms with Crippen molar-refractivity contribution in [3.8, 4) is 11.8 Å². The fourth-order valence-corrected chi connectivity index (χ4v) is 1.49. The number of halogens is 1. The van der Waals surface area contributed by atoms with Crippen LogP contribution >= 0.6 is 15.9 Å². The predicted molar refractivity (Wildman–Crippen MR) is 64.5 cm³/mol. The third-order valence-electron chi connectivity index (χ3n) is 1.80. The van der Waals surface area contributed by atoms with Crippen LogP contribution < -0.4 is 5.32 Å². The van der Waals surface area contributed by atoms with E-state index in [0.29, 0.717) is 18.5 Å². The Morgan fingerprint density at radius 1 is 1.53 bits per heavy atom. The molecule has 0 aliphatic heterocycles. The first kappa shape index (κ1) is 11.8. The highest BCUT2D eigenvalue weighted by Crippen LogP contribution is 2.11. The molecule has 0 radical (unpaired) electrons. The minimum atomic E-state index is -0.0609. The Bertz CT molecular complexity index is 404. The molecule has 0 atom stereocenters. The van der Waals surface area contributed by atoms with Crippen molar-refractivity contribution in [2.75, 3.05) is 6.54 Å². The maximum atomic E-state index is 11.6. The van der Waals surface area contributed by atoms with Crippen LogP contribution in [0.1, 0.15) is 23.7 Å². The summed E-state index contributed by atoms with van der Waals surface area (Å²) in [6.07, 6.45) is 0.691. The van der Waals surface area contributed by atoms with E-state index in [4.69, 9.17) is 0 Å². The van der Waals surface area contributed by atoms with Crippen LogP contribution in [-0.2, 0) is 0 Å². The van der Waals surface area contributed by atoms with Crippen LogP contribution in [0.2, 0.25) is 0 Å². The Labute approximate surface area is 98.2 Å². The fraction of sp³-hybridized carbons (Fsp3) is 0.250. The number of nitrogens with one attached hydrogen (secondary N) is 1. The summed E-state index contributed by atoms with van der Waals surface area (Å²) in [6.45, 7) is 2.38. The lowest BCUT2D eigenvalue weighted by molar-refractivity contribution is 0.0954. The minimum Gasteiger partial charge on any atom is -0.351 e. The molecule has 0 aromatic heterocycles. The van der Waals surface area contributed by atoms with Crippen LogP contribution in [0.4, 0.5) is 0 Å². The average Bonchev–Trinajstić information content (AvgIpc) is 2.24. The molecule has 1 N–H and O–H groups in total. The van der Waals surface area contributed by atoms with Gasteiger partial charge in [-0.2, -0.15) is 0 Å². The Balaban J connectivity index is 2.49. The van der Waals surface area contributed by atoms with Crippen LogP contribution in [0.3, 0.4) is 0 Å². The van der Waals surface area contributed by atoms with Crippen molar-refractivity contribution in [3.05, 3.63) is 34.3 Å². The van der Waals surface area contributed by atoms with E-state index in [-0.39, 0.29) is 5.91 Å². The molecule has 0 aliphatic rings. The molecule has 0 fully saturated rings. The first-order chi connectivity index (χ1) is 7.24. The first-order valence-corrected chi connectivity index (χ1v) is 5.46. The van der Waals surface area contributed by atoms with Crippen molar-refractivity contribution in [1.29, 1.82) is 0 Å². The summed E-state index contributed by atoms with van der Waals surface area (Å²) >= 11 is 3.32. The van der Waals surface area contributed by atoms with Crippen LogP contribution in [0, 0.1) is 11.8 Å². The van der Waals surface area contributed by atoms with E-state index in [1.807, 2.05) is 12.1 Å². The number of hydrogen-bond acceptors (Lipinski definition) is 1. The molecule has 1 rings (SSSR count). The van der Waals surface area contributed by atoms with Gasteiger partial charge in [-0.15, -0.1) is 11.8 Å². The van der Waals surface area contributed by atoms with Gasteiger partial charge in [0, 0.05) is 23.0 Å². The third-order valence-corrected chi connectivity index (χ3v) is 2.29. The SMILES string of the molecule is CC#CCCNC(=O)c1cccc(Br)c1. The second-order valence-corrected chi connectivity index (χ2v) is 3.86. The topological polar surface area (TPSA) is 29.1 Å². The molecular weight excluding hydrogens is 254 g/mol. The van der Waals surface area contributed by atoms with Gasteiger partial charge in [0.2, 0.25) is 0 Å². The van der Waals surface area contributed by atoms with Gasteiger partial charge in [0.1, 0.15) is 0 Å². The fourth-order valence-electron chi connectivity index (χ4n) is 1.10. The van der Waals surface area contributed by atoms with Gasteiger partial charge in [-0.25, -0.2) is 0 Å². The molecule has 78 valence electrons. The van der Waals surface area contributed by atoms with E-state index < -0.39 is 0 Å². The van der Waals surface area contributed by atoms with Gasteiger partial charge in [-0.1, -0.05) is 22.0 Å². The number of carbonyl (C=O) groups is 1. The lowest BCUT2D eigenvalue weighted by Crippen LogP contribution is -2.24. The molecule has 0 unspecified atom stereocenters. The summed E-state index contributed by atoms with van der Waals surface area (Å²) in [5.41, 5.74) is 0.661. The zero-order valence-electron chi connectivity index (χ0n) is 8.51. The van der Waals surface area contributed by atoms with Gasteiger partial charge < -0.3 is 5.32 Å². The molecule has 0 bridgehead atoms. The van der Waals surface area contributed by atoms with E-state index in [1.54, 1.807) is 19.1 Å². The van der Waals surface area contributed by atoms with Gasteiger partial charge in [-0.3, -0.25) is 4.79 Å². The molecular formula is C12H12BrNO. The summed E-state index contributed by atoms with van der Waals surface area (Å²) in [5, 5.41) is 2.80. The second kappa shape index (κ2) is 6.26. The summed E-state index contributed by atoms with van der Waals surface area (Å²) in [5.74, 6) is 5.61. The molecule has 3 heteroatoms.